The van der Waals surface area contributed by atoms with Gasteiger partial charge in [-0.1, -0.05) is 15.9 Å². The summed E-state index contributed by atoms with van der Waals surface area (Å²) < 4.78 is 5.35. The van der Waals surface area contributed by atoms with Crippen LogP contribution in [0.15, 0.2) is 41.0 Å². The zero-order valence-corrected chi connectivity index (χ0v) is 10.9. The molecular weight excluding hydrogens is 286 g/mol. The molecule has 0 aliphatic heterocycles. The zero-order valence-electron chi connectivity index (χ0n) is 9.27. The van der Waals surface area contributed by atoms with Gasteiger partial charge in [0.15, 0.2) is 5.78 Å². The number of nitrogens with one attached hydrogen (secondary N) is 1. The second-order valence-electron chi connectivity index (χ2n) is 3.16. The maximum absolute atomic E-state index is 11.6. The van der Waals surface area contributed by atoms with Crippen molar-refractivity contribution in [3.8, 4) is 0 Å². The van der Waals surface area contributed by atoms with Crippen molar-refractivity contribution in [2.24, 2.45) is 0 Å². The number of carbonyl (C=O) groups is 2. The molecule has 0 bridgehead atoms. The maximum Gasteiger partial charge on any atom is 0.325 e. The van der Waals surface area contributed by atoms with Crippen molar-refractivity contribution in [3.05, 3.63) is 46.6 Å². The molecule has 0 amide bonds. The Kier molecular flexibility index (Phi) is 5.42. The van der Waals surface area contributed by atoms with Crippen molar-refractivity contribution >= 4 is 27.7 Å². The van der Waals surface area contributed by atoms with Crippen LogP contribution in [0.5, 0.6) is 0 Å². The Bertz CT molecular complexity index is 426. The van der Waals surface area contributed by atoms with Crippen LogP contribution in [-0.4, -0.2) is 25.4 Å². The van der Waals surface area contributed by atoms with Gasteiger partial charge >= 0.3 is 5.97 Å². The van der Waals surface area contributed by atoms with E-state index in [1.54, 1.807) is 24.3 Å². The normalized spacial score (nSPS) is 10.2. The Hall–Kier alpha value is -1.62. The summed E-state index contributed by atoms with van der Waals surface area (Å²) >= 11 is 3.29. The van der Waals surface area contributed by atoms with Gasteiger partial charge < -0.3 is 10.1 Å². The van der Waals surface area contributed by atoms with E-state index in [4.69, 9.17) is 0 Å². The molecule has 0 fully saturated rings. The summed E-state index contributed by atoms with van der Waals surface area (Å²) in [6, 6.07) is 7.03. The van der Waals surface area contributed by atoms with Crippen molar-refractivity contribution in [2.75, 3.05) is 13.7 Å². The highest BCUT2D eigenvalue weighted by atomic mass is 79.9. The van der Waals surface area contributed by atoms with Gasteiger partial charge in [0, 0.05) is 22.3 Å². The van der Waals surface area contributed by atoms with Crippen LogP contribution in [0.3, 0.4) is 0 Å². The summed E-state index contributed by atoms with van der Waals surface area (Å²) in [5.41, 5.74) is 0.587. The number of ketones is 1. The average molecular weight is 298 g/mol. The number of halogens is 1. The topological polar surface area (TPSA) is 55.4 Å². The minimum absolute atomic E-state index is 0.0423. The third-order valence-corrected chi connectivity index (χ3v) is 2.48. The van der Waals surface area contributed by atoms with Crippen molar-refractivity contribution in [1.29, 1.82) is 0 Å². The quantitative estimate of drug-likeness (QED) is 0.512. The van der Waals surface area contributed by atoms with Crippen LogP contribution in [0.2, 0.25) is 0 Å². The first kappa shape index (κ1) is 13.4. The lowest BCUT2D eigenvalue weighted by Gasteiger charge is -1.98. The minimum atomic E-state index is -0.384. The molecule has 5 heteroatoms. The Balaban J connectivity index is 2.46. The number of hydrogen-bond donors (Lipinski definition) is 1. The molecule has 0 aliphatic carbocycles. The number of benzene rings is 1. The van der Waals surface area contributed by atoms with E-state index in [0.29, 0.717) is 5.56 Å². The number of hydrogen-bond acceptors (Lipinski definition) is 4. The molecule has 0 unspecified atom stereocenters. The molecular formula is C12H12BrNO3. The van der Waals surface area contributed by atoms with Crippen LogP contribution in [-0.2, 0) is 9.53 Å². The zero-order chi connectivity index (χ0) is 12.7. The van der Waals surface area contributed by atoms with Gasteiger partial charge in [-0.2, -0.15) is 0 Å². The molecule has 0 spiro atoms. The Morgan fingerprint density at radius 3 is 2.59 bits per heavy atom. The predicted molar refractivity (Wildman–Crippen MR) is 67.6 cm³/mol. The molecule has 0 aliphatic rings. The first-order valence-electron chi connectivity index (χ1n) is 4.90. The number of carbonyl (C=O) groups excluding carboxylic acids is 2. The molecule has 90 valence electrons. The van der Waals surface area contributed by atoms with Gasteiger partial charge in [-0.15, -0.1) is 0 Å². The number of rotatable bonds is 5. The molecule has 0 saturated heterocycles. The fraction of sp³-hybridized carbons (Fsp3) is 0.167. The van der Waals surface area contributed by atoms with Crippen molar-refractivity contribution in [1.82, 2.24) is 5.32 Å². The fourth-order valence-electron chi connectivity index (χ4n) is 1.06. The van der Waals surface area contributed by atoms with Gasteiger partial charge in [0.25, 0.3) is 0 Å². The fourth-order valence-corrected chi connectivity index (χ4v) is 1.32. The molecule has 0 atom stereocenters. The molecule has 17 heavy (non-hydrogen) atoms. The lowest BCUT2D eigenvalue weighted by molar-refractivity contribution is -0.139. The third kappa shape index (κ3) is 4.82. The smallest absolute Gasteiger partial charge is 0.325 e. The van der Waals surface area contributed by atoms with E-state index < -0.39 is 0 Å². The van der Waals surface area contributed by atoms with E-state index in [-0.39, 0.29) is 18.3 Å². The summed E-state index contributed by atoms with van der Waals surface area (Å²) in [6.45, 7) is 0.0423. The summed E-state index contributed by atoms with van der Waals surface area (Å²) in [5.74, 6) is -0.513. The van der Waals surface area contributed by atoms with E-state index in [0.717, 1.165) is 4.47 Å². The monoisotopic (exact) mass is 297 g/mol. The molecule has 1 rings (SSSR count). The van der Waals surface area contributed by atoms with Gasteiger partial charge in [0.2, 0.25) is 0 Å². The van der Waals surface area contributed by atoms with Gasteiger partial charge in [-0.25, -0.2) is 0 Å². The summed E-state index contributed by atoms with van der Waals surface area (Å²) in [7, 11) is 1.31. The van der Waals surface area contributed by atoms with Crippen LogP contribution in [0.1, 0.15) is 10.4 Å². The lowest BCUT2D eigenvalue weighted by atomic mass is 10.1. The van der Waals surface area contributed by atoms with Gasteiger partial charge in [0.1, 0.15) is 6.54 Å². The van der Waals surface area contributed by atoms with Crippen molar-refractivity contribution in [2.45, 2.75) is 0 Å². The second kappa shape index (κ2) is 6.85. The molecule has 0 radical (unpaired) electrons. The van der Waals surface area contributed by atoms with Crippen LogP contribution in [0.25, 0.3) is 0 Å². The summed E-state index contributed by atoms with van der Waals surface area (Å²) in [4.78, 5) is 22.4. The summed E-state index contributed by atoms with van der Waals surface area (Å²) in [5, 5.41) is 2.66. The Morgan fingerprint density at radius 1 is 1.35 bits per heavy atom. The van der Waals surface area contributed by atoms with Gasteiger partial charge in [-0.05, 0) is 24.3 Å². The third-order valence-electron chi connectivity index (χ3n) is 1.96. The molecule has 1 N–H and O–H groups in total. The van der Waals surface area contributed by atoms with Crippen LogP contribution < -0.4 is 5.32 Å². The Labute approximate surface area is 108 Å². The Morgan fingerprint density at radius 2 is 2.00 bits per heavy atom. The highest BCUT2D eigenvalue weighted by Gasteiger charge is 2.01. The number of ether oxygens (including phenoxy) is 1. The van der Waals surface area contributed by atoms with E-state index in [9.17, 15) is 9.59 Å². The number of allylic oxidation sites excluding steroid dienone is 1. The van der Waals surface area contributed by atoms with E-state index in [2.05, 4.69) is 26.0 Å². The van der Waals surface area contributed by atoms with Crippen LogP contribution >= 0.6 is 15.9 Å². The van der Waals surface area contributed by atoms with E-state index in [1.165, 1.54) is 19.4 Å². The molecule has 4 nitrogen and oxygen atoms in total. The first-order chi connectivity index (χ1) is 8.13. The molecule has 0 heterocycles. The standard InChI is InChI=1S/C12H12BrNO3/c1-17-12(16)8-14-7-6-11(15)9-2-4-10(13)5-3-9/h2-7,14H,8H2,1H3/b7-6-. The number of esters is 1. The SMILES string of the molecule is COC(=O)CN/C=C\C(=O)c1ccc(Br)cc1. The van der Waals surface area contributed by atoms with Crippen molar-refractivity contribution in [3.63, 3.8) is 0 Å². The van der Waals surface area contributed by atoms with Crippen molar-refractivity contribution < 1.29 is 14.3 Å². The second-order valence-corrected chi connectivity index (χ2v) is 4.08. The highest BCUT2D eigenvalue weighted by Crippen LogP contribution is 2.11. The highest BCUT2D eigenvalue weighted by molar-refractivity contribution is 9.10. The first-order valence-corrected chi connectivity index (χ1v) is 5.69. The molecule has 1 aromatic carbocycles. The molecule has 1 aromatic rings. The molecule has 0 aromatic heterocycles. The lowest BCUT2D eigenvalue weighted by Crippen LogP contribution is -2.19. The van der Waals surface area contributed by atoms with Crippen LogP contribution in [0, 0.1) is 0 Å². The van der Waals surface area contributed by atoms with E-state index in [1.807, 2.05) is 0 Å². The minimum Gasteiger partial charge on any atom is -0.468 e. The summed E-state index contributed by atoms with van der Waals surface area (Å²) in [6.07, 6.45) is 2.80. The average Bonchev–Trinajstić information content (AvgIpc) is 2.34. The maximum atomic E-state index is 11.6. The predicted octanol–water partition coefficient (Wildman–Crippen LogP) is 1.91. The number of methoxy groups -OCH3 is 1. The van der Waals surface area contributed by atoms with E-state index >= 15 is 0 Å². The molecule has 0 saturated carbocycles. The van der Waals surface area contributed by atoms with Crippen LogP contribution in [0.4, 0.5) is 0 Å². The van der Waals surface area contributed by atoms with Gasteiger partial charge in [-0.3, -0.25) is 9.59 Å². The van der Waals surface area contributed by atoms with Gasteiger partial charge in [0.05, 0.1) is 7.11 Å². The largest absolute Gasteiger partial charge is 0.468 e.